The number of ether oxygens (including phenoxy) is 4. The Hall–Kier alpha value is -0.940. The van der Waals surface area contributed by atoms with Crippen LogP contribution < -0.4 is 0 Å². The minimum Gasteiger partial charge on any atom is -0.380 e. The maximum absolute atomic E-state index is 6.02. The van der Waals surface area contributed by atoms with E-state index in [0.717, 1.165) is 50.6 Å². The van der Waals surface area contributed by atoms with E-state index in [-0.39, 0.29) is 5.41 Å². The molecule has 5 atom stereocenters. The van der Waals surface area contributed by atoms with E-state index in [1.54, 1.807) is 0 Å². The highest BCUT2D eigenvalue weighted by Gasteiger charge is 2.62. The molecule has 0 spiro atoms. The molecule has 0 N–H and O–H groups in total. The average molecular weight is 358 g/mol. The summed E-state index contributed by atoms with van der Waals surface area (Å²) in [7, 11) is 0. The van der Waals surface area contributed by atoms with Crippen LogP contribution in [0.2, 0.25) is 0 Å². The molecule has 0 radical (unpaired) electrons. The lowest BCUT2D eigenvalue weighted by molar-refractivity contribution is -0.152. The fraction of sp³-hybridized carbons (Fsp3) is 0.727. The van der Waals surface area contributed by atoms with Crippen LogP contribution in [0.3, 0.4) is 0 Å². The topological polar surface area (TPSA) is 40.2 Å². The Balaban J connectivity index is 1.03. The van der Waals surface area contributed by atoms with Gasteiger partial charge in [0.15, 0.2) is 0 Å². The zero-order valence-corrected chi connectivity index (χ0v) is 15.7. The van der Waals surface area contributed by atoms with Crippen molar-refractivity contribution in [3.63, 3.8) is 0 Å². The van der Waals surface area contributed by atoms with Gasteiger partial charge in [0.1, 0.15) is 0 Å². The van der Waals surface area contributed by atoms with Gasteiger partial charge in [-0.2, -0.15) is 0 Å². The Morgan fingerprint density at radius 3 is 2.31 bits per heavy atom. The van der Waals surface area contributed by atoms with Crippen molar-refractivity contribution < 1.29 is 18.9 Å². The van der Waals surface area contributed by atoms with E-state index in [1.165, 1.54) is 24.0 Å². The van der Waals surface area contributed by atoms with Crippen molar-refractivity contribution in [1.82, 2.24) is 0 Å². The van der Waals surface area contributed by atoms with Gasteiger partial charge in [-0.05, 0) is 48.1 Å². The van der Waals surface area contributed by atoms with Gasteiger partial charge >= 0.3 is 0 Å². The molecule has 1 aromatic carbocycles. The molecule has 142 valence electrons. The summed E-state index contributed by atoms with van der Waals surface area (Å²) >= 11 is 0. The van der Waals surface area contributed by atoms with Gasteiger partial charge in [-0.1, -0.05) is 31.2 Å². The zero-order valence-electron chi connectivity index (χ0n) is 15.7. The van der Waals surface area contributed by atoms with Gasteiger partial charge < -0.3 is 18.9 Å². The second-order valence-electron chi connectivity index (χ2n) is 8.89. The average Bonchev–Trinajstić information content (AvgIpc) is 3.24. The number of benzene rings is 1. The molecular weight excluding hydrogens is 328 g/mol. The molecule has 2 saturated carbocycles. The summed E-state index contributed by atoms with van der Waals surface area (Å²) in [5.41, 5.74) is 2.74. The summed E-state index contributed by atoms with van der Waals surface area (Å²) in [6.07, 6.45) is 5.02. The van der Waals surface area contributed by atoms with Gasteiger partial charge in [0, 0.05) is 5.41 Å². The summed E-state index contributed by atoms with van der Waals surface area (Å²) in [6.45, 7) is 6.97. The van der Waals surface area contributed by atoms with E-state index in [2.05, 4.69) is 31.2 Å². The van der Waals surface area contributed by atoms with E-state index in [1.807, 2.05) is 0 Å². The summed E-state index contributed by atoms with van der Waals surface area (Å²) in [4.78, 5) is 0. The maximum atomic E-state index is 6.02. The normalized spacial score (nSPS) is 36.0. The van der Waals surface area contributed by atoms with Crippen molar-refractivity contribution >= 4 is 0 Å². The Kier molecular flexibility index (Phi) is 4.56. The van der Waals surface area contributed by atoms with Crippen LogP contribution in [0.1, 0.15) is 37.3 Å². The van der Waals surface area contributed by atoms with Crippen LogP contribution >= 0.6 is 0 Å². The highest BCUT2D eigenvalue weighted by molar-refractivity contribution is 5.21. The zero-order chi connectivity index (χ0) is 17.6. The predicted octanol–water partition coefficient (Wildman–Crippen LogP) is 3.57. The van der Waals surface area contributed by atoms with Crippen LogP contribution in [0, 0.1) is 23.2 Å². The quantitative estimate of drug-likeness (QED) is 0.633. The van der Waals surface area contributed by atoms with Gasteiger partial charge in [-0.3, -0.25) is 0 Å². The predicted molar refractivity (Wildman–Crippen MR) is 97.7 cm³/mol. The van der Waals surface area contributed by atoms with Gasteiger partial charge in [0.25, 0.3) is 0 Å². The first-order valence-electron chi connectivity index (χ1n) is 10.2. The first-order chi connectivity index (χ1) is 12.8. The molecule has 2 aliphatic heterocycles. The van der Waals surface area contributed by atoms with Crippen molar-refractivity contribution in [2.24, 2.45) is 23.2 Å². The monoisotopic (exact) mass is 358 g/mol. The molecule has 1 aromatic rings. The van der Waals surface area contributed by atoms with E-state index in [0.29, 0.717) is 25.4 Å². The largest absolute Gasteiger partial charge is 0.380 e. The van der Waals surface area contributed by atoms with Crippen LogP contribution in [-0.2, 0) is 32.2 Å². The summed E-state index contributed by atoms with van der Waals surface area (Å²) in [6, 6.07) is 8.66. The Morgan fingerprint density at radius 2 is 1.73 bits per heavy atom. The molecule has 0 aromatic heterocycles. The number of fused-ring (bicyclic) bond motifs is 5. The number of rotatable bonds is 9. The van der Waals surface area contributed by atoms with E-state index in [9.17, 15) is 0 Å². The van der Waals surface area contributed by atoms with Crippen LogP contribution in [0.5, 0.6) is 0 Å². The lowest BCUT2D eigenvalue weighted by Gasteiger charge is -2.40. The second kappa shape index (κ2) is 6.90. The fourth-order valence-corrected chi connectivity index (χ4v) is 5.15. The van der Waals surface area contributed by atoms with Gasteiger partial charge in [0.2, 0.25) is 0 Å². The summed E-state index contributed by atoms with van der Waals surface area (Å²) in [5.74, 6) is 2.33. The Bertz CT molecular complexity index is 618. The minimum absolute atomic E-state index is 0.263. The molecule has 4 aliphatic rings. The van der Waals surface area contributed by atoms with Gasteiger partial charge in [0.05, 0.1) is 51.8 Å². The summed E-state index contributed by atoms with van der Waals surface area (Å²) < 4.78 is 23.0. The fourth-order valence-electron chi connectivity index (χ4n) is 5.15. The Labute approximate surface area is 156 Å². The van der Waals surface area contributed by atoms with Gasteiger partial charge in [-0.25, -0.2) is 0 Å². The van der Waals surface area contributed by atoms with Gasteiger partial charge in [-0.15, -0.1) is 0 Å². The first-order valence-corrected chi connectivity index (χ1v) is 10.2. The van der Waals surface area contributed by atoms with Crippen LogP contribution in [0.15, 0.2) is 24.3 Å². The lowest BCUT2D eigenvalue weighted by atomic mass is 9.84. The number of hydrogen-bond donors (Lipinski definition) is 0. The van der Waals surface area contributed by atoms with Crippen LogP contribution in [-0.4, -0.2) is 38.6 Å². The SMILES string of the molecule is CCC1(COCc2ccc(COCC3CC4CC3C3OC43)cc2)COC1. The molecule has 2 heterocycles. The maximum Gasteiger partial charge on any atom is 0.0876 e. The molecule has 4 fully saturated rings. The molecule has 0 amide bonds. The smallest absolute Gasteiger partial charge is 0.0876 e. The highest BCUT2D eigenvalue weighted by Crippen LogP contribution is 2.58. The standard InChI is InChI=1S/C22H30O4/c1-2-22(13-25-14-22)12-24-10-16-5-3-15(4-6-16)9-23-11-18-7-17-8-19(18)21-20(17)26-21/h3-6,17-21H,2,7-14H2,1H3. The van der Waals surface area contributed by atoms with Crippen molar-refractivity contribution in [3.05, 3.63) is 35.4 Å². The van der Waals surface area contributed by atoms with Crippen molar-refractivity contribution in [1.29, 1.82) is 0 Å². The molecule has 2 bridgehead atoms. The molecule has 26 heavy (non-hydrogen) atoms. The second-order valence-corrected chi connectivity index (χ2v) is 8.89. The highest BCUT2D eigenvalue weighted by atomic mass is 16.6. The number of hydrogen-bond acceptors (Lipinski definition) is 4. The third-order valence-electron chi connectivity index (χ3n) is 7.10. The summed E-state index contributed by atoms with van der Waals surface area (Å²) in [5, 5.41) is 0. The molecule has 4 nitrogen and oxygen atoms in total. The van der Waals surface area contributed by atoms with Crippen molar-refractivity contribution in [2.75, 3.05) is 26.4 Å². The minimum atomic E-state index is 0.263. The molecule has 2 saturated heterocycles. The third-order valence-corrected chi connectivity index (χ3v) is 7.10. The molecule has 2 aliphatic carbocycles. The lowest BCUT2D eigenvalue weighted by Crippen LogP contribution is -2.45. The van der Waals surface area contributed by atoms with Crippen molar-refractivity contribution in [3.8, 4) is 0 Å². The molecule has 5 rings (SSSR count). The number of epoxide rings is 1. The third kappa shape index (κ3) is 3.22. The molecule has 5 unspecified atom stereocenters. The molecular formula is C22H30O4. The molecule has 4 heteroatoms. The van der Waals surface area contributed by atoms with E-state index >= 15 is 0 Å². The first kappa shape index (κ1) is 17.2. The van der Waals surface area contributed by atoms with Crippen LogP contribution in [0.4, 0.5) is 0 Å². The van der Waals surface area contributed by atoms with E-state index < -0.39 is 0 Å². The Morgan fingerprint density at radius 1 is 1.00 bits per heavy atom. The van der Waals surface area contributed by atoms with E-state index in [4.69, 9.17) is 18.9 Å². The van der Waals surface area contributed by atoms with Crippen LogP contribution in [0.25, 0.3) is 0 Å². The van der Waals surface area contributed by atoms with Crippen molar-refractivity contribution in [2.45, 2.75) is 51.6 Å².